The van der Waals surface area contributed by atoms with E-state index in [0.29, 0.717) is 16.5 Å². The Bertz CT molecular complexity index is 1110. The number of benzene rings is 3. The Morgan fingerprint density at radius 3 is 2.10 bits per heavy atom. The van der Waals surface area contributed by atoms with E-state index in [9.17, 15) is 8.42 Å². The number of anilines is 3. The summed E-state index contributed by atoms with van der Waals surface area (Å²) in [6.45, 7) is 4.04. The van der Waals surface area contributed by atoms with Crippen LogP contribution in [-0.4, -0.2) is 20.6 Å². The highest BCUT2D eigenvalue weighted by Crippen LogP contribution is 2.24. The average molecular weight is 426 g/mol. The SMILES string of the molecule is Cc1cc(C)cc(NC(=S)Nc2cccc(S(=O)(=O)N(C)c3ccccc3)c2)c1. The number of para-hydroxylation sites is 1. The zero-order valence-electron chi connectivity index (χ0n) is 16.5. The molecule has 3 aromatic carbocycles. The van der Waals surface area contributed by atoms with Crippen LogP contribution in [0.4, 0.5) is 17.1 Å². The molecule has 0 aliphatic carbocycles. The largest absolute Gasteiger partial charge is 0.332 e. The lowest BCUT2D eigenvalue weighted by Crippen LogP contribution is -2.26. The molecule has 0 radical (unpaired) electrons. The molecule has 0 amide bonds. The third-order valence-corrected chi connectivity index (χ3v) is 6.34. The molecule has 0 saturated heterocycles. The molecule has 3 rings (SSSR count). The first-order chi connectivity index (χ1) is 13.8. The summed E-state index contributed by atoms with van der Waals surface area (Å²) in [6, 6.07) is 21.6. The van der Waals surface area contributed by atoms with E-state index >= 15 is 0 Å². The summed E-state index contributed by atoms with van der Waals surface area (Å²) in [4.78, 5) is 0.183. The van der Waals surface area contributed by atoms with E-state index in [0.717, 1.165) is 16.8 Å². The molecule has 150 valence electrons. The van der Waals surface area contributed by atoms with Gasteiger partial charge in [0.1, 0.15) is 0 Å². The van der Waals surface area contributed by atoms with Crippen LogP contribution in [0.1, 0.15) is 11.1 Å². The van der Waals surface area contributed by atoms with E-state index in [4.69, 9.17) is 12.2 Å². The van der Waals surface area contributed by atoms with Gasteiger partial charge in [0.2, 0.25) is 0 Å². The number of aryl methyl sites for hydroxylation is 2. The minimum atomic E-state index is -3.69. The fourth-order valence-corrected chi connectivity index (χ4v) is 4.49. The Labute approximate surface area is 177 Å². The van der Waals surface area contributed by atoms with Crippen LogP contribution in [-0.2, 0) is 10.0 Å². The van der Waals surface area contributed by atoms with Crippen molar-refractivity contribution in [3.63, 3.8) is 0 Å². The second kappa shape index (κ2) is 8.63. The van der Waals surface area contributed by atoms with Crippen molar-refractivity contribution in [1.29, 1.82) is 0 Å². The number of nitrogens with zero attached hydrogens (tertiary/aromatic N) is 1. The number of hydrogen-bond donors (Lipinski definition) is 2. The molecule has 0 aliphatic heterocycles. The molecule has 2 N–H and O–H groups in total. The van der Waals surface area contributed by atoms with Crippen molar-refractivity contribution in [2.75, 3.05) is 22.0 Å². The fraction of sp³-hybridized carbons (Fsp3) is 0.136. The molecule has 5 nitrogen and oxygen atoms in total. The predicted molar refractivity (Wildman–Crippen MR) is 124 cm³/mol. The fourth-order valence-electron chi connectivity index (χ4n) is 3.01. The van der Waals surface area contributed by atoms with E-state index in [1.165, 1.54) is 11.4 Å². The maximum absolute atomic E-state index is 13.0. The molecule has 0 unspecified atom stereocenters. The number of rotatable bonds is 5. The van der Waals surface area contributed by atoms with Gasteiger partial charge in [-0.1, -0.05) is 30.3 Å². The van der Waals surface area contributed by atoms with E-state index in [1.807, 2.05) is 32.0 Å². The molecule has 0 bridgehead atoms. The van der Waals surface area contributed by atoms with Gasteiger partial charge in [-0.2, -0.15) is 0 Å². The lowest BCUT2D eigenvalue weighted by molar-refractivity contribution is 0.594. The van der Waals surface area contributed by atoms with Gasteiger partial charge in [-0.3, -0.25) is 4.31 Å². The molecule has 3 aromatic rings. The summed E-state index contributed by atoms with van der Waals surface area (Å²) in [5.41, 5.74) is 4.33. The minimum absolute atomic E-state index is 0.183. The van der Waals surface area contributed by atoms with Crippen LogP contribution in [0.25, 0.3) is 0 Å². The molecule has 0 aromatic heterocycles. The van der Waals surface area contributed by atoms with Gasteiger partial charge < -0.3 is 10.6 Å². The molecular formula is C22H23N3O2S2. The quantitative estimate of drug-likeness (QED) is 0.567. The lowest BCUT2D eigenvalue weighted by Gasteiger charge is -2.20. The van der Waals surface area contributed by atoms with E-state index in [-0.39, 0.29) is 4.90 Å². The summed E-state index contributed by atoms with van der Waals surface area (Å²) in [5, 5.41) is 6.59. The van der Waals surface area contributed by atoms with Crippen LogP contribution in [0.3, 0.4) is 0 Å². The molecule has 0 spiro atoms. The zero-order chi connectivity index (χ0) is 21.0. The topological polar surface area (TPSA) is 61.4 Å². The molecule has 0 saturated carbocycles. The molecule has 7 heteroatoms. The molecule has 29 heavy (non-hydrogen) atoms. The second-order valence-corrected chi connectivity index (χ2v) is 9.17. The van der Waals surface area contributed by atoms with Gasteiger partial charge in [0, 0.05) is 18.4 Å². The van der Waals surface area contributed by atoms with Crippen molar-refractivity contribution < 1.29 is 8.42 Å². The smallest absolute Gasteiger partial charge is 0.264 e. The highest BCUT2D eigenvalue weighted by atomic mass is 32.2. The Hall–Kier alpha value is -2.90. The van der Waals surface area contributed by atoms with E-state index < -0.39 is 10.0 Å². The van der Waals surface area contributed by atoms with Gasteiger partial charge >= 0.3 is 0 Å². The molecule has 0 atom stereocenters. The van der Waals surface area contributed by atoms with Crippen LogP contribution >= 0.6 is 12.2 Å². The van der Waals surface area contributed by atoms with Crippen molar-refractivity contribution >= 4 is 44.4 Å². The van der Waals surface area contributed by atoms with Crippen LogP contribution in [0.2, 0.25) is 0 Å². The Morgan fingerprint density at radius 2 is 1.45 bits per heavy atom. The van der Waals surface area contributed by atoms with Crippen LogP contribution in [0, 0.1) is 13.8 Å². The van der Waals surface area contributed by atoms with Crippen LogP contribution in [0.15, 0.2) is 77.7 Å². The van der Waals surface area contributed by atoms with Gasteiger partial charge in [0.05, 0.1) is 10.6 Å². The maximum atomic E-state index is 13.0. The molecule has 0 heterocycles. The number of sulfonamides is 1. The van der Waals surface area contributed by atoms with Gasteiger partial charge in [-0.05, 0) is 79.7 Å². The van der Waals surface area contributed by atoms with Gasteiger partial charge in [-0.15, -0.1) is 0 Å². The van der Waals surface area contributed by atoms with Gasteiger partial charge in [-0.25, -0.2) is 8.42 Å². The van der Waals surface area contributed by atoms with Gasteiger partial charge in [0.15, 0.2) is 5.11 Å². The molecule has 0 aliphatic rings. The van der Waals surface area contributed by atoms with E-state index in [1.54, 1.807) is 48.5 Å². The monoisotopic (exact) mass is 425 g/mol. The lowest BCUT2D eigenvalue weighted by atomic mass is 10.1. The third kappa shape index (κ3) is 5.13. The maximum Gasteiger partial charge on any atom is 0.264 e. The molecular weight excluding hydrogens is 402 g/mol. The Balaban J connectivity index is 1.77. The van der Waals surface area contributed by atoms with Crippen molar-refractivity contribution in [1.82, 2.24) is 0 Å². The first kappa shape index (κ1) is 20.8. The normalized spacial score (nSPS) is 11.0. The Morgan fingerprint density at radius 1 is 0.828 bits per heavy atom. The standard InChI is InChI=1S/C22H23N3O2S2/c1-16-12-17(2)14-19(13-16)24-22(28)23-18-8-7-11-21(15-18)29(26,27)25(3)20-9-5-4-6-10-20/h4-15H,1-3H3,(H2,23,24,28). The number of nitrogens with one attached hydrogen (secondary N) is 2. The van der Waals surface area contributed by atoms with Crippen molar-refractivity contribution in [2.24, 2.45) is 0 Å². The van der Waals surface area contributed by atoms with E-state index in [2.05, 4.69) is 16.7 Å². The van der Waals surface area contributed by atoms with Crippen molar-refractivity contribution in [3.8, 4) is 0 Å². The average Bonchev–Trinajstić information content (AvgIpc) is 2.67. The highest BCUT2D eigenvalue weighted by Gasteiger charge is 2.21. The first-order valence-corrected chi connectivity index (χ1v) is 10.9. The number of hydrogen-bond acceptors (Lipinski definition) is 3. The summed E-state index contributed by atoms with van der Waals surface area (Å²) < 4.78 is 27.2. The van der Waals surface area contributed by atoms with Crippen molar-refractivity contribution in [2.45, 2.75) is 18.7 Å². The van der Waals surface area contributed by atoms with Crippen LogP contribution < -0.4 is 14.9 Å². The second-order valence-electron chi connectivity index (χ2n) is 6.79. The van der Waals surface area contributed by atoms with Gasteiger partial charge in [0.25, 0.3) is 10.0 Å². The third-order valence-electron chi connectivity index (χ3n) is 4.35. The molecule has 0 fully saturated rings. The number of thiocarbonyl (C=S) groups is 1. The first-order valence-electron chi connectivity index (χ1n) is 9.06. The van der Waals surface area contributed by atoms with Crippen LogP contribution in [0.5, 0.6) is 0 Å². The summed E-state index contributed by atoms with van der Waals surface area (Å²) in [7, 11) is -2.15. The summed E-state index contributed by atoms with van der Waals surface area (Å²) in [6.07, 6.45) is 0. The Kier molecular flexibility index (Phi) is 6.20. The predicted octanol–water partition coefficient (Wildman–Crippen LogP) is 4.94. The highest BCUT2D eigenvalue weighted by molar-refractivity contribution is 7.92. The summed E-state index contributed by atoms with van der Waals surface area (Å²) >= 11 is 5.39. The minimum Gasteiger partial charge on any atom is -0.332 e. The van der Waals surface area contributed by atoms with Crippen molar-refractivity contribution in [3.05, 3.63) is 83.9 Å². The summed E-state index contributed by atoms with van der Waals surface area (Å²) in [5.74, 6) is 0. The zero-order valence-corrected chi connectivity index (χ0v) is 18.1.